The van der Waals surface area contributed by atoms with Gasteiger partial charge in [-0.15, -0.1) is 6.95 Å². The zero-order valence-corrected chi connectivity index (χ0v) is 22.8. The van der Waals surface area contributed by atoms with E-state index in [4.69, 9.17) is 0 Å². The van der Waals surface area contributed by atoms with Crippen molar-refractivity contribution in [3.63, 3.8) is 0 Å². The van der Waals surface area contributed by atoms with Crippen LogP contribution in [0.25, 0.3) is 0 Å². The molecular formula is C28H30P2S2. The minimum atomic E-state index is -3.41. The summed E-state index contributed by atoms with van der Waals surface area (Å²) in [7, 11) is 5.61. The van der Waals surface area contributed by atoms with E-state index < -0.39 is 13.0 Å². The summed E-state index contributed by atoms with van der Waals surface area (Å²) >= 11 is 0. The Kier molecular flexibility index (Phi) is 5.02. The highest BCUT2D eigenvalue weighted by molar-refractivity contribution is 9.73. The van der Waals surface area contributed by atoms with Crippen LogP contribution in [0.3, 0.4) is 0 Å². The second-order valence-electron chi connectivity index (χ2n) is 8.81. The highest BCUT2D eigenvalue weighted by Crippen LogP contribution is 3.45. The summed E-state index contributed by atoms with van der Waals surface area (Å²) in [5, 5.41) is 0. The Morgan fingerprint density at radius 2 is 0.719 bits per heavy atom. The molecular weight excluding hydrogens is 462 g/mol. The Bertz CT molecular complexity index is 1180. The average Bonchev–Trinajstić information content (AvgIpc) is 3.38. The molecule has 4 aromatic carbocycles. The van der Waals surface area contributed by atoms with Crippen molar-refractivity contribution >= 4 is 32.3 Å². The standard InChI is InChI=1S/C28H30P2S2/c1-21-13-5-9-17-25(21)32(30(29)31-32,26-18-10-6-14-22(26)2,27-19-11-7-15-23(27)3)28-20-12-8-16-24(28)4/h5-20H,29H2,1-4H3. The van der Waals surface area contributed by atoms with Gasteiger partial charge in [0.2, 0.25) is 0 Å². The Labute approximate surface area is 198 Å². The van der Waals surface area contributed by atoms with Crippen molar-refractivity contribution in [3.05, 3.63) is 119 Å². The third kappa shape index (κ3) is 2.26. The molecule has 164 valence electrons. The lowest BCUT2D eigenvalue weighted by atomic mass is 10.2. The van der Waals surface area contributed by atoms with Gasteiger partial charge in [0, 0.05) is 25.6 Å². The topological polar surface area (TPSA) is 0 Å². The fourth-order valence-corrected chi connectivity index (χ4v) is 47.5. The zero-order valence-electron chi connectivity index (χ0n) is 19.1. The highest BCUT2D eigenvalue weighted by atomic mass is 33.9. The second-order valence-corrected chi connectivity index (χ2v) is 28.7. The van der Waals surface area contributed by atoms with Crippen LogP contribution in [0.2, 0.25) is 0 Å². The van der Waals surface area contributed by atoms with E-state index in [1.807, 2.05) is 0 Å². The molecule has 0 N–H and O–H groups in total. The first-order valence-corrected chi connectivity index (χ1v) is 18.9. The van der Waals surface area contributed by atoms with Crippen LogP contribution >= 0.6 is 32.3 Å². The first kappa shape index (κ1) is 22.2. The molecule has 1 heterocycles. The minimum Gasteiger partial charge on any atom is -0.122 e. The van der Waals surface area contributed by atoms with Gasteiger partial charge < -0.3 is 0 Å². The van der Waals surface area contributed by atoms with Gasteiger partial charge in [-0.1, -0.05) is 92.1 Å². The van der Waals surface area contributed by atoms with E-state index in [1.165, 1.54) is 41.8 Å². The molecule has 0 nitrogen and oxygen atoms in total. The third-order valence-corrected chi connectivity index (χ3v) is 39.7. The van der Waals surface area contributed by atoms with Crippen LogP contribution < -0.4 is 0 Å². The van der Waals surface area contributed by atoms with Crippen LogP contribution in [-0.2, 0) is 0 Å². The number of hydrogen-bond donors (Lipinski definition) is 0. The van der Waals surface area contributed by atoms with Gasteiger partial charge in [0.25, 0.3) is 0 Å². The van der Waals surface area contributed by atoms with Crippen molar-refractivity contribution in [2.45, 2.75) is 47.3 Å². The Balaban J connectivity index is 2.23. The molecule has 0 aliphatic carbocycles. The molecule has 4 heteroatoms. The van der Waals surface area contributed by atoms with E-state index in [0.29, 0.717) is 0 Å². The van der Waals surface area contributed by atoms with Crippen molar-refractivity contribution in [1.29, 1.82) is 0 Å². The Hall–Kier alpha value is -1.56. The van der Waals surface area contributed by atoms with Crippen LogP contribution in [0.5, 0.6) is 0 Å². The van der Waals surface area contributed by atoms with E-state index >= 15 is 0 Å². The molecule has 1 aliphatic heterocycles. The maximum Gasteiger partial charge on any atom is 0.0336 e. The molecule has 0 amide bonds. The van der Waals surface area contributed by atoms with Gasteiger partial charge in [-0.25, -0.2) is 0 Å². The molecule has 0 bridgehead atoms. The highest BCUT2D eigenvalue weighted by Gasteiger charge is 2.84. The summed E-state index contributed by atoms with van der Waals surface area (Å²) in [5.74, 6) is 0. The van der Waals surface area contributed by atoms with Gasteiger partial charge in [0.1, 0.15) is 0 Å². The molecule has 2 unspecified atom stereocenters. The number of hydrogen-bond acceptors (Lipinski definition) is 1. The minimum absolute atomic E-state index is 0.505. The second kappa shape index (κ2) is 7.22. The Morgan fingerprint density at radius 1 is 0.500 bits per heavy atom. The van der Waals surface area contributed by atoms with E-state index in [1.54, 1.807) is 0 Å². The largest absolute Gasteiger partial charge is 0.122 e. The van der Waals surface area contributed by atoms with Gasteiger partial charge in [0.05, 0.1) is 0 Å². The Morgan fingerprint density at radius 3 is 0.906 bits per heavy atom. The molecule has 32 heavy (non-hydrogen) atoms. The predicted octanol–water partition coefficient (Wildman–Crippen LogP) is 10.1. The van der Waals surface area contributed by atoms with Crippen LogP contribution in [-0.4, -0.2) is 0 Å². The maximum atomic E-state index is 3.36. The van der Waals surface area contributed by atoms with E-state index in [2.05, 4.69) is 144 Å². The normalized spacial score (nSPS) is 22.1. The van der Waals surface area contributed by atoms with Gasteiger partial charge in [-0.2, -0.15) is 0 Å². The van der Waals surface area contributed by atoms with Gasteiger partial charge in [-0.3, -0.25) is 0 Å². The van der Waals surface area contributed by atoms with Crippen LogP contribution in [0.15, 0.2) is 117 Å². The van der Waals surface area contributed by atoms with E-state index in [9.17, 15) is 0 Å². The van der Waals surface area contributed by atoms with Crippen molar-refractivity contribution < 1.29 is 0 Å². The zero-order chi connectivity index (χ0) is 22.6. The molecule has 4 aromatic rings. The molecule has 1 saturated heterocycles. The SMILES string of the molecule is Cc1ccccc1S1(c2ccccc2C)(c2ccccc2C)(c2ccccc2C)SP1P. The molecule has 0 saturated carbocycles. The average molecular weight is 493 g/mol. The fourth-order valence-electron chi connectivity index (χ4n) is 5.81. The van der Waals surface area contributed by atoms with Gasteiger partial charge >= 0.3 is 0 Å². The molecule has 5 rings (SSSR count). The van der Waals surface area contributed by atoms with Crippen LogP contribution in [0.1, 0.15) is 22.3 Å². The van der Waals surface area contributed by atoms with Crippen LogP contribution in [0, 0.1) is 27.7 Å². The third-order valence-electron chi connectivity index (χ3n) is 7.12. The first-order chi connectivity index (χ1) is 15.4. The summed E-state index contributed by atoms with van der Waals surface area (Å²) in [6.45, 7) is 5.83. The molecule has 0 spiro atoms. The lowest BCUT2D eigenvalue weighted by Crippen LogP contribution is -2.24. The fraction of sp³-hybridized carbons (Fsp3) is 0.143. The van der Waals surface area contributed by atoms with E-state index in [0.717, 1.165) is 0 Å². The molecule has 0 radical (unpaired) electrons. The van der Waals surface area contributed by atoms with Gasteiger partial charge in [0.15, 0.2) is 0 Å². The number of benzene rings is 4. The number of rotatable bonds is 4. The number of aryl methyl sites for hydroxylation is 4. The summed E-state index contributed by atoms with van der Waals surface area (Å²) in [4.78, 5) is 6.04. The quantitative estimate of drug-likeness (QED) is 0.155. The van der Waals surface area contributed by atoms with Crippen molar-refractivity contribution in [3.8, 4) is 0 Å². The summed E-state index contributed by atoms with van der Waals surface area (Å²) in [6, 6.07) is 36.2. The van der Waals surface area contributed by atoms with Crippen LogP contribution in [0.4, 0.5) is 0 Å². The maximum absolute atomic E-state index is 3.41. The monoisotopic (exact) mass is 492 g/mol. The molecule has 0 aromatic heterocycles. The van der Waals surface area contributed by atoms with Gasteiger partial charge in [-0.05, 0) is 74.2 Å². The van der Waals surface area contributed by atoms with Crippen molar-refractivity contribution in [1.82, 2.24) is 0 Å². The molecule has 1 fully saturated rings. The van der Waals surface area contributed by atoms with Crippen molar-refractivity contribution in [2.75, 3.05) is 0 Å². The summed E-state index contributed by atoms with van der Waals surface area (Å²) < 4.78 is 0. The molecule has 2 atom stereocenters. The van der Waals surface area contributed by atoms with E-state index in [-0.39, 0.29) is 0 Å². The van der Waals surface area contributed by atoms with Crippen molar-refractivity contribution in [2.24, 2.45) is 0 Å². The smallest absolute Gasteiger partial charge is 0.0336 e. The summed E-state index contributed by atoms with van der Waals surface area (Å²) in [5.41, 5.74) is 5.51. The molecule has 1 aliphatic rings. The first-order valence-electron chi connectivity index (χ1n) is 10.9. The predicted molar refractivity (Wildman–Crippen MR) is 150 cm³/mol. The summed E-state index contributed by atoms with van der Waals surface area (Å²) in [6.07, 6.45) is 0. The lowest BCUT2D eigenvalue weighted by molar-refractivity contribution is 1.12. The lowest BCUT2D eigenvalue weighted by Gasteiger charge is -2.67.